The second-order valence-corrected chi connectivity index (χ2v) is 4.34. The smallest absolute Gasteiger partial charge is 0.351 e. The van der Waals surface area contributed by atoms with Crippen molar-refractivity contribution in [2.24, 2.45) is 0 Å². The van der Waals surface area contributed by atoms with Crippen LogP contribution in [0.4, 0.5) is 5.82 Å². The maximum atomic E-state index is 11.5. The molecule has 7 nitrogen and oxygen atoms in total. The number of aromatic nitrogens is 2. The fourth-order valence-corrected chi connectivity index (χ4v) is 2.03. The molecule has 4 N–H and O–H groups in total. The second kappa shape index (κ2) is 4.65. The van der Waals surface area contributed by atoms with E-state index in [-0.39, 0.29) is 12.2 Å². The SMILES string of the molecule is Nc1ccn([C@H]2C[C@H](O)[C@@H](C(O)S)O2)c(=O)n1. The number of aliphatic hydroxyl groups excluding tert-OH is 2. The number of anilines is 1. The third kappa shape index (κ3) is 2.44. The molecule has 0 aromatic carbocycles. The molecule has 1 saturated heterocycles. The van der Waals surface area contributed by atoms with E-state index in [0.717, 1.165) is 0 Å². The number of nitrogens with two attached hydrogens (primary N) is 1. The van der Waals surface area contributed by atoms with Crippen LogP contribution in [0, 0.1) is 0 Å². The highest BCUT2D eigenvalue weighted by Crippen LogP contribution is 2.30. The topological polar surface area (TPSA) is 111 Å². The zero-order chi connectivity index (χ0) is 12.6. The fraction of sp³-hybridized carbons (Fsp3) is 0.556. The van der Waals surface area contributed by atoms with Crippen LogP contribution < -0.4 is 11.4 Å². The van der Waals surface area contributed by atoms with Crippen LogP contribution in [0.1, 0.15) is 12.6 Å². The minimum atomic E-state index is -1.10. The van der Waals surface area contributed by atoms with Gasteiger partial charge >= 0.3 is 5.69 Å². The molecule has 0 aliphatic carbocycles. The molecule has 0 radical (unpaired) electrons. The molecule has 1 aromatic heterocycles. The van der Waals surface area contributed by atoms with Crippen LogP contribution in [0.5, 0.6) is 0 Å². The summed E-state index contributed by atoms with van der Waals surface area (Å²) in [5.41, 5.74) is 3.70. The largest absolute Gasteiger partial charge is 0.390 e. The van der Waals surface area contributed by atoms with Crippen LogP contribution in [0.3, 0.4) is 0 Å². The van der Waals surface area contributed by atoms with Crippen molar-refractivity contribution in [1.82, 2.24) is 9.55 Å². The Labute approximate surface area is 102 Å². The number of aliphatic hydroxyl groups is 2. The summed E-state index contributed by atoms with van der Waals surface area (Å²) in [6.07, 6.45) is -0.745. The van der Waals surface area contributed by atoms with Gasteiger partial charge < -0.3 is 20.7 Å². The molecule has 17 heavy (non-hydrogen) atoms. The van der Waals surface area contributed by atoms with Gasteiger partial charge in [0.25, 0.3) is 0 Å². The maximum absolute atomic E-state index is 11.5. The van der Waals surface area contributed by atoms with Crippen LogP contribution in [0.2, 0.25) is 0 Å². The predicted molar refractivity (Wildman–Crippen MR) is 62.4 cm³/mol. The molecule has 0 bridgehead atoms. The summed E-state index contributed by atoms with van der Waals surface area (Å²) in [5, 5.41) is 18.9. The second-order valence-electron chi connectivity index (χ2n) is 3.81. The molecule has 1 fully saturated rings. The van der Waals surface area contributed by atoms with Gasteiger partial charge in [-0.25, -0.2) is 4.79 Å². The number of hydrogen-bond acceptors (Lipinski definition) is 7. The molecule has 94 valence electrons. The molecule has 4 atom stereocenters. The Morgan fingerprint density at radius 1 is 1.71 bits per heavy atom. The Bertz CT molecular complexity index is 464. The van der Waals surface area contributed by atoms with Crippen LogP contribution in [0.25, 0.3) is 0 Å². The van der Waals surface area contributed by atoms with E-state index in [1.807, 2.05) is 0 Å². The molecule has 1 aromatic rings. The highest BCUT2D eigenvalue weighted by atomic mass is 32.1. The zero-order valence-corrected chi connectivity index (χ0v) is 9.70. The molecule has 2 rings (SSSR count). The van der Waals surface area contributed by atoms with Gasteiger partial charge in [-0.05, 0) is 6.07 Å². The summed E-state index contributed by atoms with van der Waals surface area (Å²) in [6.45, 7) is 0. The van der Waals surface area contributed by atoms with Gasteiger partial charge in [-0.1, -0.05) is 0 Å². The molecular formula is C9H13N3O4S. The number of nitrogens with zero attached hydrogens (tertiary/aromatic N) is 2. The normalized spacial score (nSPS) is 30.4. The first-order valence-electron chi connectivity index (χ1n) is 5.03. The van der Waals surface area contributed by atoms with Crippen LogP contribution >= 0.6 is 12.6 Å². The van der Waals surface area contributed by atoms with Crippen LogP contribution in [-0.4, -0.2) is 37.4 Å². The number of rotatable bonds is 2. The molecule has 8 heteroatoms. The quantitative estimate of drug-likeness (QED) is 0.389. The lowest BCUT2D eigenvalue weighted by molar-refractivity contribution is -0.0557. The highest BCUT2D eigenvalue weighted by molar-refractivity contribution is 7.80. The van der Waals surface area contributed by atoms with Crippen molar-refractivity contribution in [3.63, 3.8) is 0 Å². The Morgan fingerprint density at radius 3 is 2.94 bits per heavy atom. The number of hydrogen-bond donors (Lipinski definition) is 4. The van der Waals surface area contributed by atoms with Crippen molar-refractivity contribution < 1.29 is 14.9 Å². The molecule has 0 spiro atoms. The summed E-state index contributed by atoms with van der Waals surface area (Å²) < 4.78 is 6.57. The first kappa shape index (κ1) is 12.4. The van der Waals surface area contributed by atoms with E-state index >= 15 is 0 Å². The molecular weight excluding hydrogens is 246 g/mol. The number of nitrogen functional groups attached to an aromatic ring is 1. The molecule has 1 aliphatic rings. The van der Waals surface area contributed by atoms with Gasteiger partial charge in [0.15, 0.2) is 0 Å². The fourth-order valence-electron chi connectivity index (χ4n) is 1.76. The number of thiol groups is 1. The van der Waals surface area contributed by atoms with Gasteiger partial charge in [0.05, 0.1) is 6.10 Å². The zero-order valence-electron chi connectivity index (χ0n) is 8.80. The van der Waals surface area contributed by atoms with Gasteiger partial charge in [0.2, 0.25) is 0 Å². The predicted octanol–water partition coefficient (Wildman–Crippen LogP) is -1.28. The average molecular weight is 259 g/mol. The van der Waals surface area contributed by atoms with E-state index in [0.29, 0.717) is 0 Å². The van der Waals surface area contributed by atoms with E-state index in [1.54, 1.807) is 0 Å². The highest BCUT2D eigenvalue weighted by Gasteiger charge is 2.38. The minimum Gasteiger partial charge on any atom is -0.390 e. The van der Waals surface area contributed by atoms with Crippen LogP contribution in [0.15, 0.2) is 17.1 Å². The molecule has 0 amide bonds. The average Bonchev–Trinajstić information content (AvgIpc) is 2.60. The lowest BCUT2D eigenvalue weighted by Gasteiger charge is -2.17. The van der Waals surface area contributed by atoms with Crippen molar-refractivity contribution >= 4 is 18.4 Å². The third-order valence-corrected chi connectivity index (χ3v) is 2.89. The van der Waals surface area contributed by atoms with Crippen LogP contribution in [-0.2, 0) is 4.74 Å². The van der Waals surface area contributed by atoms with Crippen molar-refractivity contribution in [3.05, 3.63) is 22.7 Å². The molecule has 1 unspecified atom stereocenters. The monoisotopic (exact) mass is 259 g/mol. The standard InChI is InChI=1S/C9H13N3O4S/c10-5-1-2-12(9(15)11-5)6-3-4(13)7(16-6)8(14)17/h1-2,4,6-8,13-14,17H,3H2,(H2,10,11,15)/t4-,6+,7-,8?/m0/s1. The van der Waals surface area contributed by atoms with Gasteiger partial charge in [-0.15, -0.1) is 12.6 Å². The Hall–Kier alpha value is -1.09. The summed E-state index contributed by atoms with van der Waals surface area (Å²) in [6, 6.07) is 1.46. The van der Waals surface area contributed by atoms with Crippen molar-refractivity contribution in [2.75, 3.05) is 5.73 Å². The van der Waals surface area contributed by atoms with Crippen molar-refractivity contribution in [3.8, 4) is 0 Å². The van der Waals surface area contributed by atoms with E-state index in [9.17, 15) is 15.0 Å². The first-order valence-corrected chi connectivity index (χ1v) is 5.55. The van der Waals surface area contributed by atoms with Gasteiger partial charge in [-0.2, -0.15) is 4.98 Å². The number of ether oxygens (including phenoxy) is 1. The summed E-state index contributed by atoms with van der Waals surface area (Å²) in [5.74, 6) is 0.121. The minimum absolute atomic E-state index is 0.121. The molecule has 0 saturated carbocycles. The summed E-state index contributed by atoms with van der Waals surface area (Å²) in [7, 11) is 0. The van der Waals surface area contributed by atoms with Crippen molar-refractivity contribution in [1.29, 1.82) is 0 Å². The van der Waals surface area contributed by atoms with E-state index < -0.39 is 29.6 Å². The Kier molecular flexibility index (Phi) is 3.38. The molecule has 2 heterocycles. The van der Waals surface area contributed by atoms with Gasteiger partial charge in [-0.3, -0.25) is 4.57 Å². The lowest BCUT2D eigenvalue weighted by Crippen LogP contribution is -2.31. The van der Waals surface area contributed by atoms with Crippen molar-refractivity contribution in [2.45, 2.75) is 30.3 Å². The third-order valence-electron chi connectivity index (χ3n) is 2.59. The maximum Gasteiger partial charge on any atom is 0.351 e. The van der Waals surface area contributed by atoms with Gasteiger partial charge in [0.1, 0.15) is 23.6 Å². The summed E-state index contributed by atoms with van der Waals surface area (Å²) >= 11 is 3.80. The Balaban J connectivity index is 2.23. The summed E-state index contributed by atoms with van der Waals surface area (Å²) in [4.78, 5) is 15.1. The van der Waals surface area contributed by atoms with E-state index in [1.165, 1.54) is 16.8 Å². The molecule has 1 aliphatic heterocycles. The van der Waals surface area contributed by atoms with E-state index in [4.69, 9.17) is 10.5 Å². The Morgan fingerprint density at radius 2 is 2.41 bits per heavy atom. The van der Waals surface area contributed by atoms with E-state index in [2.05, 4.69) is 17.6 Å². The lowest BCUT2D eigenvalue weighted by atomic mass is 10.2. The first-order chi connectivity index (χ1) is 7.99. The van der Waals surface area contributed by atoms with Gasteiger partial charge in [0, 0.05) is 12.6 Å².